The summed E-state index contributed by atoms with van der Waals surface area (Å²) >= 11 is 0. The molecule has 0 aromatic carbocycles. The number of nitrogens with zero attached hydrogens (tertiary/aromatic N) is 2. The van der Waals surface area contributed by atoms with Crippen molar-refractivity contribution in [2.75, 3.05) is 13.2 Å². The van der Waals surface area contributed by atoms with E-state index in [4.69, 9.17) is 4.84 Å². The van der Waals surface area contributed by atoms with Gasteiger partial charge in [-0.05, 0) is 40.0 Å². The maximum Gasteiger partial charge on any atom is 0.263 e. The molecule has 0 bridgehead atoms. The van der Waals surface area contributed by atoms with Crippen molar-refractivity contribution < 1.29 is 9.63 Å². The van der Waals surface area contributed by atoms with Crippen LogP contribution in [0.5, 0.6) is 0 Å². The highest BCUT2D eigenvalue weighted by Gasteiger charge is 2.37. The molecule has 1 amide bonds. The van der Waals surface area contributed by atoms with Crippen molar-refractivity contribution in [2.45, 2.75) is 58.2 Å². The van der Waals surface area contributed by atoms with E-state index in [1.807, 2.05) is 6.92 Å². The molecule has 3 unspecified atom stereocenters. The van der Waals surface area contributed by atoms with Gasteiger partial charge in [0.1, 0.15) is 0 Å². The van der Waals surface area contributed by atoms with E-state index in [1.165, 1.54) is 12.8 Å². The van der Waals surface area contributed by atoms with Crippen molar-refractivity contribution in [3.63, 3.8) is 0 Å². The van der Waals surface area contributed by atoms with E-state index in [9.17, 15) is 4.79 Å². The molecule has 2 fully saturated rings. The third kappa shape index (κ3) is 2.09. The largest absolute Gasteiger partial charge is 0.287 e. The van der Waals surface area contributed by atoms with Gasteiger partial charge < -0.3 is 0 Å². The summed E-state index contributed by atoms with van der Waals surface area (Å²) in [5.41, 5.74) is 0. The van der Waals surface area contributed by atoms with E-state index >= 15 is 0 Å². The molecule has 0 aromatic rings. The van der Waals surface area contributed by atoms with Crippen LogP contribution in [0.3, 0.4) is 0 Å². The Hall–Kier alpha value is -0.610. The first-order valence-corrected chi connectivity index (χ1v) is 6.33. The van der Waals surface area contributed by atoms with E-state index in [0.29, 0.717) is 18.7 Å². The molecule has 2 aliphatic rings. The Balaban J connectivity index is 2.00. The number of carbonyl (C=O) groups excluding carboxylic acids is 1. The second-order valence-electron chi connectivity index (χ2n) is 5.03. The van der Waals surface area contributed by atoms with Gasteiger partial charge >= 0.3 is 0 Å². The maximum absolute atomic E-state index is 12.2. The van der Waals surface area contributed by atoms with Crippen molar-refractivity contribution in [3.8, 4) is 0 Å². The minimum Gasteiger partial charge on any atom is -0.287 e. The molecule has 0 aliphatic carbocycles. The summed E-state index contributed by atoms with van der Waals surface area (Å²) < 4.78 is 0. The molecule has 2 rings (SSSR count). The number of likely N-dealkylation sites (tertiary alicyclic amines) is 1. The lowest BCUT2D eigenvalue weighted by Gasteiger charge is -2.33. The highest BCUT2D eigenvalue weighted by atomic mass is 16.7. The van der Waals surface area contributed by atoms with Gasteiger partial charge in [-0.1, -0.05) is 0 Å². The van der Waals surface area contributed by atoms with Crippen LogP contribution in [0.25, 0.3) is 0 Å². The minimum atomic E-state index is -0.0504. The topological polar surface area (TPSA) is 32.8 Å². The van der Waals surface area contributed by atoms with Gasteiger partial charge in [0.05, 0.1) is 19.2 Å². The predicted molar refractivity (Wildman–Crippen MR) is 61.7 cm³/mol. The number of rotatable bonds is 2. The van der Waals surface area contributed by atoms with Crippen LogP contribution in [0.4, 0.5) is 0 Å². The molecule has 0 saturated carbocycles. The lowest BCUT2D eigenvalue weighted by molar-refractivity contribution is -0.175. The fourth-order valence-corrected chi connectivity index (χ4v) is 2.94. The van der Waals surface area contributed by atoms with E-state index in [2.05, 4.69) is 18.7 Å². The Kier molecular flexibility index (Phi) is 3.50. The molecule has 2 saturated heterocycles. The highest BCUT2D eigenvalue weighted by molar-refractivity contribution is 5.80. The molecule has 2 heterocycles. The summed E-state index contributed by atoms with van der Waals surface area (Å²) in [7, 11) is 0. The smallest absolute Gasteiger partial charge is 0.263 e. The van der Waals surface area contributed by atoms with Gasteiger partial charge in [0.15, 0.2) is 0 Å². The van der Waals surface area contributed by atoms with Crippen LogP contribution in [-0.4, -0.2) is 47.1 Å². The molecule has 0 N–H and O–H groups in total. The van der Waals surface area contributed by atoms with Gasteiger partial charge in [0, 0.05) is 12.1 Å². The summed E-state index contributed by atoms with van der Waals surface area (Å²) in [6.45, 7) is 7.85. The third-order valence-corrected chi connectivity index (χ3v) is 3.82. The number of carbonyl (C=O) groups is 1. The van der Waals surface area contributed by atoms with Gasteiger partial charge in [-0.15, -0.1) is 0 Å². The van der Waals surface area contributed by atoms with Crippen molar-refractivity contribution in [1.29, 1.82) is 0 Å². The molecule has 16 heavy (non-hydrogen) atoms. The van der Waals surface area contributed by atoms with E-state index in [-0.39, 0.29) is 11.9 Å². The first kappa shape index (κ1) is 11.9. The number of hydroxylamine groups is 2. The standard InChI is InChI=1S/C12H22N2O2/c1-9-5-6-10(2)14(9)11(3)12(15)13-7-4-8-16-13/h9-11H,4-8H2,1-3H3. The van der Waals surface area contributed by atoms with Gasteiger partial charge in [-0.3, -0.25) is 14.5 Å². The first-order valence-electron chi connectivity index (χ1n) is 6.33. The Morgan fingerprint density at radius 1 is 1.31 bits per heavy atom. The summed E-state index contributed by atoms with van der Waals surface area (Å²) in [4.78, 5) is 19.8. The fourth-order valence-electron chi connectivity index (χ4n) is 2.94. The zero-order valence-corrected chi connectivity index (χ0v) is 10.5. The van der Waals surface area contributed by atoms with Crippen molar-refractivity contribution in [1.82, 2.24) is 9.96 Å². The normalized spacial score (nSPS) is 33.3. The first-order chi connectivity index (χ1) is 7.61. The Morgan fingerprint density at radius 2 is 1.94 bits per heavy atom. The predicted octanol–water partition coefficient (Wildman–Crippen LogP) is 1.41. The molecule has 0 aromatic heterocycles. The molecular formula is C12H22N2O2. The average Bonchev–Trinajstić information content (AvgIpc) is 2.87. The molecule has 3 atom stereocenters. The Labute approximate surface area is 97.5 Å². The van der Waals surface area contributed by atoms with E-state index in [0.717, 1.165) is 13.0 Å². The van der Waals surface area contributed by atoms with E-state index in [1.54, 1.807) is 5.06 Å². The zero-order valence-electron chi connectivity index (χ0n) is 10.5. The van der Waals surface area contributed by atoms with Crippen molar-refractivity contribution in [2.24, 2.45) is 0 Å². The maximum atomic E-state index is 12.2. The van der Waals surface area contributed by atoms with Gasteiger partial charge in [0.25, 0.3) is 5.91 Å². The fraction of sp³-hybridized carbons (Fsp3) is 0.917. The van der Waals surface area contributed by atoms with Crippen LogP contribution in [0.2, 0.25) is 0 Å². The lowest BCUT2D eigenvalue weighted by atomic mass is 10.2. The molecule has 0 radical (unpaired) electrons. The zero-order chi connectivity index (χ0) is 11.7. The van der Waals surface area contributed by atoms with E-state index < -0.39 is 0 Å². The second kappa shape index (κ2) is 4.72. The second-order valence-corrected chi connectivity index (χ2v) is 5.03. The van der Waals surface area contributed by atoms with Crippen LogP contribution in [-0.2, 0) is 9.63 Å². The molecule has 2 aliphatic heterocycles. The van der Waals surface area contributed by atoms with Crippen molar-refractivity contribution >= 4 is 5.91 Å². The van der Waals surface area contributed by atoms with Crippen LogP contribution in [0, 0.1) is 0 Å². The molecule has 92 valence electrons. The quantitative estimate of drug-likeness (QED) is 0.713. The SMILES string of the molecule is CC1CCC(C)N1C(C)C(=O)N1CCCO1. The summed E-state index contributed by atoms with van der Waals surface area (Å²) in [5.74, 6) is 0.123. The Morgan fingerprint density at radius 3 is 2.44 bits per heavy atom. The van der Waals surface area contributed by atoms with Gasteiger partial charge in [0.2, 0.25) is 0 Å². The summed E-state index contributed by atoms with van der Waals surface area (Å²) in [5, 5.41) is 1.54. The molecular weight excluding hydrogens is 204 g/mol. The van der Waals surface area contributed by atoms with Gasteiger partial charge in [-0.2, -0.15) is 0 Å². The minimum absolute atomic E-state index is 0.0504. The van der Waals surface area contributed by atoms with Crippen LogP contribution in [0.1, 0.15) is 40.0 Å². The van der Waals surface area contributed by atoms with Crippen LogP contribution < -0.4 is 0 Å². The summed E-state index contributed by atoms with van der Waals surface area (Å²) in [6.07, 6.45) is 3.35. The van der Waals surface area contributed by atoms with Crippen LogP contribution >= 0.6 is 0 Å². The summed E-state index contributed by atoms with van der Waals surface area (Å²) in [6, 6.07) is 0.971. The van der Waals surface area contributed by atoms with Crippen LogP contribution in [0.15, 0.2) is 0 Å². The van der Waals surface area contributed by atoms with Gasteiger partial charge in [-0.25, -0.2) is 5.06 Å². The highest BCUT2D eigenvalue weighted by Crippen LogP contribution is 2.27. The number of amides is 1. The number of hydrogen-bond acceptors (Lipinski definition) is 3. The molecule has 0 spiro atoms. The third-order valence-electron chi connectivity index (χ3n) is 3.82. The lowest BCUT2D eigenvalue weighted by Crippen LogP contribution is -2.49. The Bertz CT molecular complexity index is 254. The monoisotopic (exact) mass is 226 g/mol. The molecule has 4 nitrogen and oxygen atoms in total. The number of hydrogen-bond donors (Lipinski definition) is 0. The van der Waals surface area contributed by atoms with Crippen molar-refractivity contribution in [3.05, 3.63) is 0 Å². The molecule has 4 heteroatoms. The average molecular weight is 226 g/mol.